The average molecular weight is 239 g/mol. The van der Waals surface area contributed by atoms with Gasteiger partial charge in [-0.2, -0.15) is 4.98 Å². The van der Waals surface area contributed by atoms with Gasteiger partial charge in [0.1, 0.15) is 0 Å². The van der Waals surface area contributed by atoms with Gasteiger partial charge in [0.25, 0.3) is 0 Å². The highest BCUT2D eigenvalue weighted by atomic mass is 16.5. The first-order valence-electron chi connectivity index (χ1n) is 6.38. The molecule has 96 valence electrons. The Labute approximate surface area is 102 Å². The van der Waals surface area contributed by atoms with E-state index in [4.69, 9.17) is 9.63 Å². The highest BCUT2D eigenvalue weighted by Gasteiger charge is 2.25. The van der Waals surface area contributed by atoms with Gasteiger partial charge >= 0.3 is 0 Å². The van der Waals surface area contributed by atoms with E-state index in [1.807, 2.05) is 13.8 Å². The smallest absolute Gasteiger partial charge is 0.229 e. The minimum atomic E-state index is 0.186. The Morgan fingerprint density at radius 3 is 2.71 bits per heavy atom. The van der Waals surface area contributed by atoms with E-state index < -0.39 is 0 Å². The molecule has 0 bridgehead atoms. The first kappa shape index (κ1) is 12.5. The maximum absolute atomic E-state index is 9.07. The number of aliphatic hydroxyl groups excluding tert-OH is 1. The molecule has 0 radical (unpaired) electrons. The Hall–Kier alpha value is -0.940. The Morgan fingerprint density at radius 1 is 1.47 bits per heavy atom. The number of rotatable bonds is 6. The zero-order valence-electron chi connectivity index (χ0n) is 10.6. The van der Waals surface area contributed by atoms with Crippen LogP contribution in [0.2, 0.25) is 0 Å². The van der Waals surface area contributed by atoms with E-state index in [1.54, 1.807) is 0 Å². The molecular formula is C12H21N3O2. The highest BCUT2D eigenvalue weighted by Crippen LogP contribution is 2.25. The summed E-state index contributed by atoms with van der Waals surface area (Å²) in [6.07, 6.45) is 3.72. The van der Waals surface area contributed by atoms with Crippen LogP contribution in [0.5, 0.6) is 0 Å². The van der Waals surface area contributed by atoms with Crippen molar-refractivity contribution in [2.75, 3.05) is 13.2 Å². The lowest BCUT2D eigenvalue weighted by molar-refractivity contribution is 0.0912. The second-order valence-corrected chi connectivity index (χ2v) is 4.98. The topological polar surface area (TPSA) is 62.4 Å². The molecule has 1 saturated carbocycles. The van der Waals surface area contributed by atoms with Crippen molar-refractivity contribution in [1.29, 1.82) is 0 Å². The lowest BCUT2D eigenvalue weighted by atomic mass is 9.91. The van der Waals surface area contributed by atoms with E-state index in [2.05, 4.69) is 15.0 Å². The van der Waals surface area contributed by atoms with Crippen LogP contribution in [-0.4, -0.2) is 39.3 Å². The first-order chi connectivity index (χ1) is 8.20. The lowest BCUT2D eigenvalue weighted by Gasteiger charge is -2.36. The summed E-state index contributed by atoms with van der Waals surface area (Å²) in [6.45, 7) is 5.63. The van der Waals surface area contributed by atoms with Gasteiger partial charge in [0.05, 0.1) is 13.2 Å². The van der Waals surface area contributed by atoms with Gasteiger partial charge in [-0.15, -0.1) is 0 Å². The fourth-order valence-electron chi connectivity index (χ4n) is 2.02. The van der Waals surface area contributed by atoms with Gasteiger partial charge in [0.2, 0.25) is 5.89 Å². The van der Waals surface area contributed by atoms with Crippen LogP contribution < -0.4 is 0 Å². The summed E-state index contributed by atoms with van der Waals surface area (Å²) in [5, 5.41) is 13.1. The molecule has 2 rings (SSSR count). The molecule has 5 nitrogen and oxygen atoms in total. The van der Waals surface area contributed by atoms with Crippen LogP contribution in [0.15, 0.2) is 4.52 Å². The van der Waals surface area contributed by atoms with Crippen molar-refractivity contribution in [1.82, 2.24) is 15.0 Å². The molecule has 0 saturated heterocycles. The minimum Gasteiger partial charge on any atom is -0.395 e. The second kappa shape index (κ2) is 5.60. The van der Waals surface area contributed by atoms with Crippen molar-refractivity contribution in [3.63, 3.8) is 0 Å². The van der Waals surface area contributed by atoms with Crippen LogP contribution in [0.25, 0.3) is 0 Å². The Morgan fingerprint density at radius 2 is 2.24 bits per heavy atom. The second-order valence-electron chi connectivity index (χ2n) is 4.98. The summed E-state index contributed by atoms with van der Waals surface area (Å²) < 4.78 is 5.19. The Kier molecular flexibility index (Phi) is 4.12. The molecule has 1 fully saturated rings. The van der Waals surface area contributed by atoms with Crippen LogP contribution in [0, 0.1) is 0 Å². The molecule has 0 aromatic carbocycles. The minimum absolute atomic E-state index is 0.186. The molecule has 17 heavy (non-hydrogen) atoms. The first-order valence-corrected chi connectivity index (χ1v) is 6.38. The summed E-state index contributed by atoms with van der Waals surface area (Å²) in [5.74, 6) is 1.69. The molecule has 1 N–H and O–H groups in total. The number of hydrogen-bond acceptors (Lipinski definition) is 5. The molecule has 1 heterocycles. The summed E-state index contributed by atoms with van der Waals surface area (Å²) in [5.41, 5.74) is 0. The maximum Gasteiger partial charge on any atom is 0.229 e. The van der Waals surface area contributed by atoms with E-state index in [1.165, 1.54) is 19.3 Å². The molecule has 0 spiro atoms. The van der Waals surface area contributed by atoms with Crippen LogP contribution in [0.4, 0.5) is 0 Å². The molecular weight excluding hydrogens is 218 g/mol. The largest absolute Gasteiger partial charge is 0.395 e. The van der Waals surface area contributed by atoms with Gasteiger partial charge in [-0.3, -0.25) is 4.90 Å². The fourth-order valence-corrected chi connectivity index (χ4v) is 2.02. The molecule has 0 atom stereocenters. The normalized spacial score (nSPS) is 16.8. The number of aliphatic hydroxyl groups is 1. The zero-order valence-corrected chi connectivity index (χ0v) is 10.6. The molecule has 1 aliphatic rings. The predicted octanol–water partition coefficient (Wildman–Crippen LogP) is 1.54. The molecule has 1 aromatic rings. The summed E-state index contributed by atoms with van der Waals surface area (Å²) in [6, 6.07) is 0.586. The molecule has 0 unspecified atom stereocenters. The third-order valence-electron chi connectivity index (χ3n) is 3.30. The Bertz CT molecular complexity index is 347. The summed E-state index contributed by atoms with van der Waals surface area (Å²) in [4.78, 5) is 6.62. The lowest BCUT2D eigenvalue weighted by Crippen LogP contribution is -2.41. The predicted molar refractivity (Wildman–Crippen MR) is 63.5 cm³/mol. The monoisotopic (exact) mass is 239 g/mol. The molecule has 5 heteroatoms. The number of aromatic nitrogens is 2. The van der Waals surface area contributed by atoms with E-state index in [-0.39, 0.29) is 12.5 Å². The van der Waals surface area contributed by atoms with Crippen molar-refractivity contribution in [2.24, 2.45) is 0 Å². The van der Waals surface area contributed by atoms with Gasteiger partial charge in [-0.25, -0.2) is 0 Å². The van der Waals surface area contributed by atoms with Crippen molar-refractivity contribution in [2.45, 2.75) is 51.6 Å². The number of nitrogens with zero attached hydrogens (tertiary/aromatic N) is 3. The fraction of sp³-hybridized carbons (Fsp3) is 0.833. The Balaban J connectivity index is 1.95. The van der Waals surface area contributed by atoms with Gasteiger partial charge < -0.3 is 9.63 Å². The highest BCUT2D eigenvalue weighted by molar-refractivity contribution is 4.92. The van der Waals surface area contributed by atoms with E-state index in [9.17, 15) is 0 Å². The molecule has 0 aliphatic heterocycles. The molecule has 0 amide bonds. The SMILES string of the molecule is CC(C)c1nc(CN(CCO)C2CCC2)no1. The van der Waals surface area contributed by atoms with Crippen LogP contribution in [0.3, 0.4) is 0 Å². The van der Waals surface area contributed by atoms with Gasteiger partial charge in [0.15, 0.2) is 5.82 Å². The quantitative estimate of drug-likeness (QED) is 0.816. The van der Waals surface area contributed by atoms with Gasteiger partial charge in [0, 0.05) is 18.5 Å². The number of hydrogen-bond donors (Lipinski definition) is 1. The van der Waals surface area contributed by atoms with Gasteiger partial charge in [-0.05, 0) is 12.8 Å². The third-order valence-corrected chi connectivity index (χ3v) is 3.30. The van der Waals surface area contributed by atoms with E-state index in [0.717, 1.165) is 5.82 Å². The van der Waals surface area contributed by atoms with Crippen LogP contribution in [0.1, 0.15) is 50.7 Å². The average Bonchev–Trinajstić information content (AvgIpc) is 2.64. The van der Waals surface area contributed by atoms with Crippen LogP contribution >= 0.6 is 0 Å². The third kappa shape index (κ3) is 3.04. The van der Waals surface area contributed by atoms with Crippen molar-refractivity contribution < 1.29 is 9.63 Å². The van der Waals surface area contributed by atoms with E-state index >= 15 is 0 Å². The standard InChI is InChI=1S/C12H21N3O2/c1-9(2)12-13-11(14-17-12)8-15(6-7-16)10-4-3-5-10/h9-10,16H,3-8H2,1-2H3. The van der Waals surface area contributed by atoms with Crippen molar-refractivity contribution in [3.8, 4) is 0 Å². The molecule has 1 aliphatic carbocycles. The van der Waals surface area contributed by atoms with E-state index in [0.29, 0.717) is 25.0 Å². The van der Waals surface area contributed by atoms with Gasteiger partial charge in [-0.1, -0.05) is 25.4 Å². The summed E-state index contributed by atoms with van der Waals surface area (Å²) in [7, 11) is 0. The molecule has 1 aromatic heterocycles. The van der Waals surface area contributed by atoms with Crippen LogP contribution in [-0.2, 0) is 6.54 Å². The summed E-state index contributed by atoms with van der Waals surface area (Å²) >= 11 is 0. The van der Waals surface area contributed by atoms with Crippen molar-refractivity contribution >= 4 is 0 Å². The zero-order chi connectivity index (χ0) is 12.3. The van der Waals surface area contributed by atoms with Crippen molar-refractivity contribution in [3.05, 3.63) is 11.7 Å². The maximum atomic E-state index is 9.07.